The van der Waals surface area contributed by atoms with E-state index in [0.717, 1.165) is 12.5 Å². The maximum atomic E-state index is 3.95. The zero-order chi connectivity index (χ0) is 11.8. The Balaban J connectivity index is 2.07. The molecule has 0 aromatic heterocycles. The maximum Gasteiger partial charge on any atom is 0.0309 e. The van der Waals surface area contributed by atoms with Gasteiger partial charge in [-0.3, -0.25) is 4.90 Å². The maximum absolute atomic E-state index is 3.95. The van der Waals surface area contributed by atoms with Crippen LogP contribution >= 0.6 is 0 Å². The van der Waals surface area contributed by atoms with Crippen molar-refractivity contribution in [1.29, 1.82) is 0 Å². The van der Waals surface area contributed by atoms with Crippen molar-refractivity contribution in [2.45, 2.75) is 57.7 Å². The van der Waals surface area contributed by atoms with E-state index >= 15 is 0 Å². The van der Waals surface area contributed by atoms with E-state index < -0.39 is 0 Å². The summed E-state index contributed by atoms with van der Waals surface area (Å²) in [6.07, 6.45) is 6.14. The molecule has 3 atom stereocenters. The van der Waals surface area contributed by atoms with E-state index in [2.05, 4.69) is 43.6 Å². The van der Waals surface area contributed by atoms with Gasteiger partial charge in [0.25, 0.3) is 0 Å². The molecular weight excluding hydrogens is 196 g/mol. The molecule has 1 N–H and O–H groups in total. The Morgan fingerprint density at radius 2 is 2.25 bits per heavy atom. The minimum absolute atomic E-state index is 0.350. The van der Waals surface area contributed by atoms with Crippen molar-refractivity contribution in [3.8, 4) is 0 Å². The first-order chi connectivity index (χ1) is 7.60. The lowest BCUT2D eigenvalue weighted by Gasteiger charge is -2.48. The molecular formula is C14H26N2. The summed E-state index contributed by atoms with van der Waals surface area (Å²) in [6.45, 7) is 13.2. The number of nitrogens with one attached hydrogen (secondary N) is 1. The van der Waals surface area contributed by atoms with Gasteiger partial charge in [-0.25, -0.2) is 0 Å². The van der Waals surface area contributed by atoms with Crippen LogP contribution in [-0.2, 0) is 0 Å². The summed E-state index contributed by atoms with van der Waals surface area (Å²) >= 11 is 0. The molecule has 2 heteroatoms. The van der Waals surface area contributed by atoms with E-state index in [1.54, 1.807) is 0 Å². The van der Waals surface area contributed by atoms with Crippen LogP contribution in [0.15, 0.2) is 12.7 Å². The highest BCUT2D eigenvalue weighted by atomic mass is 15.3. The lowest BCUT2D eigenvalue weighted by molar-refractivity contribution is 0.0568. The van der Waals surface area contributed by atoms with Crippen molar-refractivity contribution >= 4 is 0 Å². The largest absolute Gasteiger partial charge is 0.308 e. The van der Waals surface area contributed by atoms with Gasteiger partial charge in [0.1, 0.15) is 0 Å². The van der Waals surface area contributed by atoms with Crippen molar-refractivity contribution in [2.24, 2.45) is 5.92 Å². The summed E-state index contributed by atoms with van der Waals surface area (Å²) < 4.78 is 0. The van der Waals surface area contributed by atoms with Crippen molar-refractivity contribution in [2.75, 3.05) is 13.1 Å². The van der Waals surface area contributed by atoms with Gasteiger partial charge >= 0.3 is 0 Å². The zero-order valence-corrected chi connectivity index (χ0v) is 11.0. The summed E-state index contributed by atoms with van der Waals surface area (Å²) in [5.74, 6) is 0.907. The van der Waals surface area contributed by atoms with Crippen LogP contribution in [0.4, 0.5) is 0 Å². The molecule has 2 rings (SSSR count). The Kier molecular flexibility index (Phi) is 3.41. The fourth-order valence-electron chi connectivity index (χ4n) is 3.02. The average molecular weight is 222 g/mol. The third kappa shape index (κ3) is 2.18. The summed E-state index contributed by atoms with van der Waals surface area (Å²) in [4.78, 5) is 2.64. The number of hydrogen-bond acceptors (Lipinski definition) is 2. The van der Waals surface area contributed by atoms with Crippen molar-refractivity contribution < 1.29 is 0 Å². The predicted octanol–water partition coefficient (Wildman–Crippen LogP) is 2.41. The second kappa shape index (κ2) is 4.50. The minimum atomic E-state index is 0.350. The molecule has 0 radical (unpaired) electrons. The normalized spacial score (nSPS) is 38.3. The summed E-state index contributed by atoms with van der Waals surface area (Å²) in [5.41, 5.74) is 0.350. The molecule has 0 amide bonds. The van der Waals surface area contributed by atoms with Crippen molar-refractivity contribution in [3.05, 3.63) is 12.7 Å². The lowest BCUT2D eigenvalue weighted by atomic mass is 9.89. The van der Waals surface area contributed by atoms with Crippen LogP contribution in [0.5, 0.6) is 0 Å². The summed E-state index contributed by atoms with van der Waals surface area (Å²) in [7, 11) is 0. The molecule has 2 nitrogen and oxygen atoms in total. The van der Waals surface area contributed by atoms with E-state index in [4.69, 9.17) is 0 Å². The van der Waals surface area contributed by atoms with Gasteiger partial charge in [0.15, 0.2) is 0 Å². The minimum Gasteiger partial charge on any atom is -0.308 e. The Hall–Kier alpha value is -0.340. The first-order valence-electron chi connectivity index (χ1n) is 6.74. The standard InChI is InChI=1S/C14H26N2/c1-5-11(3)16-10-14(4,12-7-8-12)15-9-13(16)6-2/h5,11-13,15H,1,6-10H2,2-4H3. The first kappa shape index (κ1) is 12.1. The SMILES string of the molecule is C=CC(C)N1CC(C)(C2CC2)NCC1CC. The third-order valence-corrected chi connectivity index (χ3v) is 4.54. The first-order valence-corrected chi connectivity index (χ1v) is 6.74. The molecule has 0 aromatic carbocycles. The molecule has 0 aromatic rings. The van der Waals surface area contributed by atoms with Gasteiger partial charge in [0, 0.05) is 30.7 Å². The Morgan fingerprint density at radius 3 is 2.75 bits per heavy atom. The Bertz CT molecular complexity index is 259. The van der Waals surface area contributed by atoms with E-state index in [1.807, 2.05) is 0 Å². The van der Waals surface area contributed by atoms with Gasteiger partial charge in [-0.05, 0) is 39.0 Å². The number of rotatable bonds is 4. The Morgan fingerprint density at radius 1 is 1.56 bits per heavy atom. The summed E-state index contributed by atoms with van der Waals surface area (Å²) in [6, 6.07) is 1.19. The van der Waals surface area contributed by atoms with E-state index in [-0.39, 0.29) is 0 Å². The van der Waals surface area contributed by atoms with Crippen molar-refractivity contribution in [1.82, 2.24) is 10.2 Å². The third-order valence-electron chi connectivity index (χ3n) is 4.54. The van der Waals surface area contributed by atoms with Crippen molar-refractivity contribution in [3.63, 3.8) is 0 Å². The molecule has 1 aliphatic heterocycles. The predicted molar refractivity (Wildman–Crippen MR) is 69.6 cm³/mol. The van der Waals surface area contributed by atoms with Crippen LogP contribution in [0, 0.1) is 5.92 Å². The molecule has 0 spiro atoms. The van der Waals surface area contributed by atoms with Crippen LogP contribution in [0.2, 0.25) is 0 Å². The molecule has 1 saturated heterocycles. The smallest absolute Gasteiger partial charge is 0.0309 e. The highest BCUT2D eigenvalue weighted by Crippen LogP contribution is 2.41. The molecule has 1 heterocycles. The fraction of sp³-hybridized carbons (Fsp3) is 0.857. The second-order valence-corrected chi connectivity index (χ2v) is 5.78. The highest BCUT2D eigenvalue weighted by Gasteiger charge is 2.46. The molecule has 1 saturated carbocycles. The van der Waals surface area contributed by atoms with Crippen LogP contribution in [0.3, 0.4) is 0 Å². The monoisotopic (exact) mass is 222 g/mol. The molecule has 92 valence electrons. The highest BCUT2D eigenvalue weighted by molar-refractivity contribution is 5.06. The van der Waals surface area contributed by atoms with Gasteiger partial charge in [0.2, 0.25) is 0 Å². The topological polar surface area (TPSA) is 15.3 Å². The second-order valence-electron chi connectivity index (χ2n) is 5.78. The van der Waals surface area contributed by atoms with E-state index in [9.17, 15) is 0 Å². The molecule has 2 fully saturated rings. The van der Waals surface area contributed by atoms with Crippen LogP contribution < -0.4 is 5.32 Å². The molecule has 0 bridgehead atoms. The molecule has 2 aliphatic rings. The Labute approximate surface area is 100 Å². The number of piperazine rings is 1. The van der Waals surface area contributed by atoms with Gasteiger partial charge in [-0.15, -0.1) is 6.58 Å². The molecule has 3 unspecified atom stereocenters. The average Bonchev–Trinajstić information content (AvgIpc) is 3.12. The molecule has 16 heavy (non-hydrogen) atoms. The summed E-state index contributed by atoms with van der Waals surface area (Å²) in [5, 5.41) is 3.79. The van der Waals surface area contributed by atoms with Gasteiger partial charge in [-0.1, -0.05) is 13.0 Å². The van der Waals surface area contributed by atoms with Crippen LogP contribution in [-0.4, -0.2) is 35.6 Å². The van der Waals surface area contributed by atoms with Gasteiger partial charge in [0.05, 0.1) is 0 Å². The van der Waals surface area contributed by atoms with Gasteiger partial charge < -0.3 is 5.32 Å². The number of nitrogens with zero attached hydrogens (tertiary/aromatic N) is 1. The quantitative estimate of drug-likeness (QED) is 0.735. The lowest BCUT2D eigenvalue weighted by Crippen LogP contribution is -2.65. The van der Waals surface area contributed by atoms with Gasteiger partial charge in [-0.2, -0.15) is 0 Å². The number of hydrogen-bond donors (Lipinski definition) is 1. The zero-order valence-electron chi connectivity index (χ0n) is 11.0. The van der Waals surface area contributed by atoms with E-state index in [0.29, 0.717) is 17.6 Å². The van der Waals surface area contributed by atoms with Crippen LogP contribution in [0.25, 0.3) is 0 Å². The van der Waals surface area contributed by atoms with Crippen LogP contribution in [0.1, 0.15) is 40.0 Å². The van der Waals surface area contributed by atoms with E-state index in [1.165, 1.54) is 25.8 Å². The fourth-order valence-corrected chi connectivity index (χ4v) is 3.02. The molecule has 1 aliphatic carbocycles.